The maximum atomic E-state index is 12.6. The molecule has 1 aliphatic heterocycles. The zero-order chi connectivity index (χ0) is 18.0. The highest BCUT2D eigenvalue weighted by Gasteiger charge is 2.34. The number of nitrogens with two attached hydrogens (primary N) is 1. The molecule has 3 rings (SSSR count). The van der Waals surface area contributed by atoms with Gasteiger partial charge < -0.3 is 16.0 Å². The summed E-state index contributed by atoms with van der Waals surface area (Å²) in [6.45, 7) is 2.50. The van der Waals surface area contributed by atoms with E-state index in [1.807, 2.05) is 37.3 Å². The molecule has 2 unspecified atom stereocenters. The first-order valence-electron chi connectivity index (χ1n) is 8.15. The number of hydrogen-bond acceptors (Lipinski definition) is 3. The van der Waals surface area contributed by atoms with E-state index in [4.69, 9.17) is 17.3 Å². The van der Waals surface area contributed by atoms with Crippen LogP contribution in [0.15, 0.2) is 48.5 Å². The van der Waals surface area contributed by atoms with Crippen LogP contribution in [0.4, 0.5) is 5.69 Å². The van der Waals surface area contributed by atoms with E-state index in [0.717, 1.165) is 16.8 Å². The number of benzene rings is 2. The Morgan fingerprint density at radius 1 is 1.27 bits per heavy atom. The third-order valence-corrected chi connectivity index (χ3v) is 4.60. The molecule has 1 heterocycles. The predicted octanol–water partition coefficient (Wildman–Crippen LogP) is 2.99. The second kappa shape index (κ2) is 8.54. The normalized spacial score (nSPS) is 17.6. The highest BCUT2D eigenvalue weighted by Crippen LogP contribution is 2.24. The van der Waals surface area contributed by atoms with Crippen LogP contribution < -0.4 is 16.0 Å². The second-order valence-electron chi connectivity index (χ2n) is 6.21. The van der Waals surface area contributed by atoms with E-state index >= 15 is 0 Å². The molecule has 0 radical (unpaired) electrons. The summed E-state index contributed by atoms with van der Waals surface area (Å²) in [6, 6.07) is 13.2. The lowest BCUT2D eigenvalue weighted by atomic mass is 10.0. The van der Waals surface area contributed by atoms with E-state index in [0.29, 0.717) is 18.0 Å². The van der Waals surface area contributed by atoms with Crippen molar-refractivity contribution >= 4 is 41.5 Å². The molecule has 26 heavy (non-hydrogen) atoms. The fourth-order valence-corrected chi connectivity index (χ4v) is 3.09. The van der Waals surface area contributed by atoms with Gasteiger partial charge in [-0.05, 0) is 37.1 Å². The van der Waals surface area contributed by atoms with Crippen LogP contribution in [-0.4, -0.2) is 24.4 Å². The van der Waals surface area contributed by atoms with Gasteiger partial charge in [-0.25, -0.2) is 0 Å². The number of carbonyl (C=O) groups is 2. The molecule has 0 aromatic heterocycles. The van der Waals surface area contributed by atoms with Crippen LogP contribution in [0, 0.1) is 6.92 Å². The molecule has 2 aromatic rings. The highest BCUT2D eigenvalue weighted by atomic mass is 35.5. The van der Waals surface area contributed by atoms with Gasteiger partial charge >= 0.3 is 0 Å². The summed E-state index contributed by atoms with van der Waals surface area (Å²) < 4.78 is 0. The molecule has 0 bridgehead atoms. The van der Waals surface area contributed by atoms with Gasteiger partial charge in [0.1, 0.15) is 12.1 Å². The van der Waals surface area contributed by atoms with Gasteiger partial charge in [0.25, 0.3) is 0 Å². The average molecular weight is 394 g/mol. The van der Waals surface area contributed by atoms with Crippen LogP contribution in [-0.2, 0) is 9.59 Å². The lowest BCUT2D eigenvalue weighted by Crippen LogP contribution is -2.45. The minimum Gasteiger partial charge on any atom is -0.343 e. The van der Waals surface area contributed by atoms with Gasteiger partial charge in [-0.15, -0.1) is 12.4 Å². The number of nitrogens with one attached hydrogen (secondary N) is 1. The first kappa shape index (κ1) is 20.2. The molecule has 0 spiro atoms. The third kappa shape index (κ3) is 4.36. The monoisotopic (exact) mass is 393 g/mol. The third-order valence-electron chi connectivity index (χ3n) is 4.36. The Kier molecular flexibility index (Phi) is 6.64. The lowest BCUT2D eigenvalue weighted by molar-refractivity contribution is -0.127. The Hall–Kier alpha value is -2.08. The van der Waals surface area contributed by atoms with E-state index < -0.39 is 12.1 Å². The average Bonchev–Trinajstić information content (AvgIpc) is 2.95. The summed E-state index contributed by atoms with van der Waals surface area (Å²) in [5.41, 5.74) is 8.58. The molecular weight excluding hydrogens is 373 g/mol. The fourth-order valence-electron chi connectivity index (χ4n) is 2.90. The van der Waals surface area contributed by atoms with E-state index in [1.165, 1.54) is 0 Å². The van der Waals surface area contributed by atoms with Crippen LogP contribution in [0.5, 0.6) is 0 Å². The number of aryl methyl sites for hydroxylation is 1. The van der Waals surface area contributed by atoms with Gasteiger partial charge in [0.15, 0.2) is 0 Å². The summed E-state index contributed by atoms with van der Waals surface area (Å²) in [6.07, 6.45) is 0.539. The molecule has 3 N–H and O–H groups in total. The van der Waals surface area contributed by atoms with Gasteiger partial charge in [0, 0.05) is 17.3 Å². The molecule has 2 amide bonds. The molecular formula is C19H21Cl2N3O2. The molecule has 0 saturated carbocycles. The van der Waals surface area contributed by atoms with Crippen molar-refractivity contribution in [1.82, 2.24) is 5.32 Å². The summed E-state index contributed by atoms with van der Waals surface area (Å²) in [7, 11) is 0. The van der Waals surface area contributed by atoms with Gasteiger partial charge in [-0.1, -0.05) is 47.5 Å². The number of hydrogen-bond donors (Lipinski definition) is 2. The molecule has 1 fully saturated rings. The van der Waals surface area contributed by atoms with Crippen molar-refractivity contribution in [3.8, 4) is 0 Å². The zero-order valence-corrected chi connectivity index (χ0v) is 15.9. The van der Waals surface area contributed by atoms with E-state index in [2.05, 4.69) is 5.32 Å². The number of anilines is 1. The van der Waals surface area contributed by atoms with Crippen molar-refractivity contribution in [3.05, 3.63) is 64.7 Å². The van der Waals surface area contributed by atoms with Gasteiger partial charge in [0.2, 0.25) is 11.8 Å². The quantitative estimate of drug-likeness (QED) is 0.837. The number of nitrogens with zero attached hydrogens (tertiary/aromatic N) is 1. The Morgan fingerprint density at radius 3 is 2.62 bits per heavy atom. The van der Waals surface area contributed by atoms with Gasteiger partial charge in [-0.2, -0.15) is 0 Å². The van der Waals surface area contributed by atoms with Crippen molar-refractivity contribution < 1.29 is 9.59 Å². The molecule has 1 aliphatic rings. The number of halogens is 2. The molecule has 7 heteroatoms. The zero-order valence-electron chi connectivity index (χ0n) is 14.3. The van der Waals surface area contributed by atoms with Crippen molar-refractivity contribution in [2.24, 2.45) is 5.73 Å². The van der Waals surface area contributed by atoms with Gasteiger partial charge in [0.05, 0.1) is 0 Å². The maximum Gasteiger partial charge on any atom is 0.249 e. The number of amides is 2. The fraction of sp³-hybridized carbons (Fsp3) is 0.263. The van der Waals surface area contributed by atoms with Crippen molar-refractivity contribution in [2.45, 2.75) is 25.4 Å². The van der Waals surface area contributed by atoms with E-state index in [9.17, 15) is 9.59 Å². The molecule has 138 valence electrons. The van der Waals surface area contributed by atoms with Gasteiger partial charge in [-0.3, -0.25) is 9.59 Å². The Labute approximate surface area is 163 Å². The Morgan fingerprint density at radius 2 is 1.96 bits per heavy atom. The van der Waals surface area contributed by atoms with E-state index in [-0.39, 0.29) is 24.2 Å². The Bertz CT molecular complexity index is 796. The summed E-state index contributed by atoms with van der Waals surface area (Å²) in [5, 5.41) is 3.34. The molecule has 2 aromatic carbocycles. The van der Waals surface area contributed by atoms with Crippen LogP contribution in [0.2, 0.25) is 5.02 Å². The largest absolute Gasteiger partial charge is 0.343 e. The SMILES string of the molecule is Cc1ccc(C(N)C(=O)NC2CCN(c3cccc(Cl)c3)C2=O)cc1.Cl. The topological polar surface area (TPSA) is 75.4 Å². The summed E-state index contributed by atoms with van der Waals surface area (Å²) in [4.78, 5) is 26.6. The first-order valence-corrected chi connectivity index (χ1v) is 8.53. The highest BCUT2D eigenvalue weighted by molar-refractivity contribution is 6.31. The van der Waals surface area contributed by atoms with E-state index in [1.54, 1.807) is 23.1 Å². The first-order chi connectivity index (χ1) is 12.0. The molecule has 5 nitrogen and oxygen atoms in total. The molecule has 2 atom stereocenters. The number of rotatable bonds is 4. The lowest BCUT2D eigenvalue weighted by Gasteiger charge is -2.19. The van der Waals surface area contributed by atoms with Crippen molar-refractivity contribution in [3.63, 3.8) is 0 Å². The number of carbonyl (C=O) groups excluding carboxylic acids is 2. The minimum atomic E-state index is -0.798. The molecule has 1 saturated heterocycles. The summed E-state index contributed by atoms with van der Waals surface area (Å²) in [5.74, 6) is -0.498. The second-order valence-corrected chi connectivity index (χ2v) is 6.64. The predicted molar refractivity (Wildman–Crippen MR) is 106 cm³/mol. The van der Waals surface area contributed by atoms with Crippen LogP contribution in [0.25, 0.3) is 0 Å². The summed E-state index contributed by atoms with van der Waals surface area (Å²) >= 11 is 5.99. The minimum absolute atomic E-state index is 0. The molecule has 0 aliphatic carbocycles. The van der Waals surface area contributed by atoms with Crippen LogP contribution in [0.3, 0.4) is 0 Å². The van der Waals surface area contributed by atoms with Crippen molar-refractivity contribution in [1.29, 1.82) is 0 Å². The standard InChI is InChI=1S/C19H20ClN3O2.ClH/c1-12-5-7-13(8-6-12)17(21)18(24)22-16-9-10-23(19(16)25)15-4-2-3-14(20)11-15;/h2-8,11,16-17H,9-10,21H2,1H3,(H,22,24);1H. The maximum absolute atomic E-state index is 12.6. The van der Waals surface area contributed by atoms with Crippen LogP contribution >= 0.6 is 24.0 Å². The van der Waals surface area contributed by atoms with Crippen LogP contribution in [0.1, 0.15) is 23.6 Å². The smallest absolute Gasteiger partial charge is 0.249 e. The van der Waals surface area contributed by atoms with Crippen molar-refractivity contribution in [2.75, 3.05) is 11.4 Å². The Balaban J connectivity index is 0.00000243.